The van der Waals surface area contributed by atoms with E-state index in [9.17, 15) is 4.79 Å². The number of ether oxygens (including phenoxy) is 1. The van der Waals surface area contributed by atoms with Gasteiger partial charge in [-0.05, 0) is 36.4 Å². The summed E-state index contributed by atoms with van der Waals surface area (Å²) >= 11 is 1.34. The van der Waals surface area contributed by atoms with Crippen molar-refractivity contribution in [1.82, 2.24) is 14.5 Å². The predicted molar refractivity (Wildman–Crippen MR) is 115 cm³/mol. The average molecular weight is 420 g/mol. The second-order valence-corrected chi connectivity index (χ2v) is 7.34. The summed E-state index contributed by atoms with van der Waals surface area (Å²) in [6, 6.07) is 19.6. The highest BCUT2D eigenvalue weighted by Gasteiger charge is 2.18. The molecule has 0 radical (unpaired) electrons. The van der Waals surface area contributed by atoms with E-state index in [0.29, 0.717) is 18.2 Å². The van der Waals surface area contributed by atoms with Crippen molar-refractivity contribution in [2.24, 2.45) is 0 Å². The molecule has 3 rings (SSSR count). The summed E-state index contributed by atoms with van der Waals surface area (Å²) in [6.45, 7) is 0.652. The zero-order chi connectivity index (χ0) is 21.3. The Balaban J connectivity index is 1.85. The minimum atomic E-state index is -0.112. The van der Waals surface area contributed by atoms with Gasteiger partial charge in [-0.3, -0.25) is 9.36 Å². The summed E-state index contributed by atoms with van der Waals surface area (Å²) < 4.78 is 7.26. The number of fused-ring (bicyclic) bond motifs is 1. The van der Waals surface area contributed by atoms with E-state index in [0.717, 1.165) is 22.5 Å². The Morgan fingerprint density at radius 3 is 2.40 bits per heavy atom. The van der Waals surface area contributed by atoms with Crippen molar-refractivity contribution in [3.05, 3.63) is 48.5 Å². The molecule has 0 aliphatic rings. The lowest BCUT2D eigenvalue weighted by atomic mass is 10.2. The molecule has 0 N–H and O–H groups in total. The third-order valence-electron chi connectivity index (χ3n) is 4.53. The molecule has 1 aromatic heterocycles. The first-order chi connectivity index (χ1) is 14.7. The van der Waals surface area contributed by atoms with Gasteiger partial charge >= 0.3 is 0 Å². The Bertz CT molecular complexity index is 1080. The molecule has 0 unspecified atom stereocenters. The molecular weight excluding hydrogens is 398 g/mol. The predicted octanol–water partition coefficient (Wildman–Crippen LogP) is 3.78. The van der Waals surface area contributed by atoms with Gasteiger partial charge in [0.25, 0.3) is 0 Å². The first-order valence-electron chi connectivity index (χ1n) is 9.44. The number of carbonyl (C=O) groups excluding carboxylic acids is 1. The number of nitriles is 2. The molecular formula is C22H21N5O2S. The molecule has 1 amide bonds. The number of benzene rings is 2. The minimum Gasteiger partial charge on any atom is -0.497 e. The topological polar surface area (TPSA) is 94.9 Å². The van der Waals surface area contributed by atoms with Crippen molar-refractivity contribution >= 4 is 28.7 Å². The van der Waals surface area contributed by atoms with Gasteiger partial charge in [0, 0.05) is 18.8 Å². The first-order valence-corrected chi connectivity index (χ1v) is 10.4. The van der Waals surface area contributed by atoms with Crippen LogP contribution in [-0.4, -0.2) is 46.3 Å². The number of rotatable bonds is 9. The number of carbonyl (C=O) groups is 1. The lowest BCUT2D eigenvalue weighted by Crippen LogP contribution is -2.34. The van der Waals surface area contributed by atoms with Crippen LogP contribution < -0.4 is 4.74 Å². The number of nitrogens with zero attached hydrogens (tertiary/aromatic N) is 5. The number of hydrogen-bond acceptors (Lipinski definition) is 6. The fourth-order valence-corrected chi connectivity index (χ4v) is 3.96. The molecule has 0 saturated heterocycles. The highest BCUT2D eigenvalue weighted by Crippen LogP contribution is 2.29. The Labute approximate surface area is 179 Å². The maximum atomic E-state index is 12.7. The first kappa shape index (κ1) is 21.2. The molecule has 152 valence electrons. The lowest BCUT2D eigenvalue weighted by molar-refractivity contribution is -0.128. The molecule has 0 spiro atoms. The highest BCUT2D eigenvalue weighted by molar-refractivity contribution is 7.99. The largest absolute Gasteiger partial charge is 0.497 e. The van der Waals surface area contributed by atoms with Crippen molar-refractivity contribution in [3.8, 4) is 23.6 Å². The average Bonchev–Trinajstić information content (AvgIpc) is 3.16. The second-order valence-electron chi connectivity index (χ2n) is 6.40. The number of aromatic nitrogens is 2. The van der Waals surface area contributed by atoms with Gasteiger partial charge in [0.1, 0.15) is 5.75 Å². The molecule has 0 aliphatic carbocycles. The van der Waals surface area contributed by atoms with Crippen molar-refractivity contribution in [2.75, 3.05) is 26.0 Å². The molecule has 0 atom stereocenters. The van der Waals surface area contributed by atoms with Gasteiger partial charge in [0.2, 0.25) is 5.91 Å². The SMILES string of the molecule is COc1ccc(-n2c(SCC(=O)N(CCC#N)CCC#N)nc3ccccc32)cc1. The molecule has 1 heterocycles. The van der Waals surface area contributed by atoms with E-state index in [2.05, 4.69) is 12.1 Å². The van der Waals surface area contributed by atoms with E-state index in [1.165, 1.54) is 11.8 Å². The van der Waals surface area contributed by atoms with Gasteiger partial charge in [-0.15, -0.1) is 0 Å². The second kappa shape index (κ2) is 10.3. The van der Waals surface area contributed by atoms with Crippen LogP contribution in [0.3, 0.4) is 0 Å². The van der Waals surface area contributed by atoms with Crippen molar-refractivity contribution in [2.45, 2.75) is 18.0 Å². The van der Waals surface area contributed by atoms with Crippen molar-refractivity contribution in [3.63, 3.8) is 0 Å². The summed E-state index contributed by atoms with van der Waals surface area (Å²) in [7, 11) is 1.62. The third-order valence-corrected chi connectivity index (χ3v) is 5.45. The van der Waals surface area contributed by atoms with Gasteiger partial charge < -0.3 is 9.64 Å². The van der Waals surface area contributed by atoms with Gasteiger partial charge in [-0.25, -0.2) is 4.98 Å². The Kier molecular flexibility index (Phi) is 7.31. The van der Waals surface area contributed by atoms with E-state index >= 15 is 0 Å². The van der Waals surface area contributed by atoms with E-state index in [-0.39, 0.29) is 24.5 Å². The van der Waals surface area contributed by atoms with Crippen LogP contribution >= 0.6 is 11.8 Å². The number of thioether (sulfide) groups is 1. The van der Waals surface area contributed by atoms with Crippen LogP contribution in [0.2, 0.25) is 0 Å². The van der Waals surface area contributed by atoms with Crippen LogP contribution in [0.15, 0.2) is 53.7 Å². The smallest absolute Gasteiger partial charge is 0.233 e. The Hall–Kier alpha value is -3.49. The quantitative estimate of drug-likeness (QED) is 0.490. The monoisotopic (exact) mass is 419 g/mol. The van der Waals surface area contributed by atoms with Crippen LogP contribution in [0.25, 0.3) is 16.7 Å². The normalized spacial score (nSPS) is 10.4. The molecule has 30 heavy (non-hydrogen) atoms. The number of amides is 1. The van der Waals surface area contributed by atoms with E-state index in [4.69, 9.17) is 20.2 Å². The summed E-state index contributed by atoms with van der Waals surface area (Å²) in [4.78, 5) is 19.0. The molecule has 7 nitrogen and oxygen atoms in total. The number of hydrogen-bond donors (Lipinski definition) is 0. The zero-order valence-electron chi connectivity index (χ0n) is 16.6. The van der Waals surface area contributed by atoms with Gasteiger partial charge in [0.05, 0.1) is 48.9 Å². The van der Waals surface area contributed by atoms with Crippen molar-refractivity contribution < 1.29 is 9.53 Å². The van der Waals surface area contributed by atoms with Gasteiger partial charge in [-0.2, -0.15) is 10.5 Å². The van der Waals surface area contributed by atoms with Crippen LogP contribution in [0.5, 0.6) is 5.75 Å². The zero-order valence-corrected chi connectivity index (χ0v) is 17.4. The standard InChI is InChI=1S/C22H21N5O2S/c1-29-18-10-8-17(9-11-18)27-20-7-3-2-6-19(20)25-22(27)30-16-21(28)26(14-4-12-23)15-5-13-24/h2-3,6-11H,4-5,14-16H2,1H3. The van der Waals surface area contributed by atoms with Crippen LogP contribution in [0.1, 0.15) is 12.8 Å². The number of imidazole rings is 1. The van der Waals surface area contributed by atoms with Crippen molar-refractivity contribution in [1.29, 1.82) is 10.5 Å². The Morgan fingerprint density at radius 1 is 1.10 bits per heavy atom. The van der Waals surface area contributed by atoms with E-state index in [1.54, 1.807) is 12.0 Å². The molecule has 0 aliphatic heterocycles. The third kappa shape index (κ3) is 4.91. The maximum absolute atomic E-state index is 12.7. The molecule has 3 aromatic rings. The highest BCUT2D eigenvalue weighted by atomic mass is 32.2. The molecule has 0 fully saturated rings. The van der Waals surface area contributed by atoms with E-state index in [1.807, 2.05) is 53.1 Å². The molecule has 0 bridgehead atoms. The lowest BCUT2D eigenvalue weighted by Gasteiger charge is -2.20. The molecule has 0 saturated carbocycles. The number of methoxy groups -OCH3 is 1. The number of para-hydroxylation sites is 2. The Morgan fingerprint density at radius 2 is 1.77 bits per heavy atom. The fraction of sp³-hybridized carbons (Fsp3) is 0.273. The van der Waals surface area contributed by atoms with Gasteiger partial charge in [0.15, 0.2) is 5.16 Å². The molecule has 2 aromatic carbocycles. The van der Waals surface area contributed by atoms with Crippen LogP contribution in [0.4, 0.5) is 0 Å². The minimum absolute atomic E-state index is 0.112. The fourth-order valence-electron chi connectivity index (χ4n) is 3.03. The summed E-state index contributed by atoms with van der Waals surface area (Å²) in [5, 5.41) is 18.4. The van der Waals surface area contributed by atoms with Crippen LogP contribution in [0, 0.1) is 22.7 Å². The summed E-state index contributed by atoms with van der Waals surface area (Å²) in [5.74, 6) is 0.827. The molecule has 8 heteroatoms. The summed E-state index contributed by atoms with van der Waals surface area (Å²) in [5.41, 5.74) is 2.71. The maximum Gasteiger partial charge on any atom is 0.233 e. The van der Waals surface area contributed by atoms with Gasteiger partial charge in [-0.1, -0.05) is 23.9 Å². The van der Waals surface area contributed by atoms with E-state index < -0.39 is 0 Å². The summed E-state index contributed by atoms with van der Waals surface area (Å²) in [6.07, 6.45) is 0.485. The van der Waals surface area contributed by atoms with Crippen LogP contribution in [-0.2, 0) is 4.79 Å².